The van der Waals surface area contributed by atoms with Crippen molar-refractivity contribution in [3.8, 4) is 44.8 Å². The predicted molar refractivity (Wildman–Crippen MR) is 227 cm³/mol. The zero-order valence-corrected chi connectivity index (χ0v) is 32.5. The fraction of sp³-hybridized carbons (Fsp3) is 0.216. The summed E-state index contributed by atoms with van der Waals surface area (Å²) >= 11 is 0. The van der Waals surface area contributed by atoms with Crippen LogP contribution in [0, 0.1) is 58.7 Å². The standard InChI is InChI=1S/C38H36NO.C13H12N.Ir/c1-23-11-16-36-34(17-23)29-9-8-10-30(37(29)40-36)35-20-33(26(4)22-39-35)32-19-24(2)31(18-25(32)3)28-14-12-27(13-15-28)21-38(5,6)7;1-10-3-6-12(7-4-10)13-8-5-11(2)9-14-13;/h8-9,11-20,22H,21H2,1-7H3;3-6,8-9H,1-2H3;/q2*-1;/i1D3,2D3,3D3,4D3,21D2;1D3,2D3;. The number of hydrogen-bond acceptors (Lipinski definition) is 3. The van der Waals surface area contributed by atoms with Gasteiger partial charge in [-0.1, -0.05) is 105 Å². The molecule has 0 aliphatic carbocycles. The summed E-state index contributed by atoms with van der Waals surface area (Å²) in [5, 5.41) is 1.07. The number of fused-ring (bicyclic) bond motifs is 3. The third-order valence-electron chi connectivity index (χ3n) is 8.61. The molecule has 3 aromatic heterocycles. The van der Waals surface area contributed by atoms with E-state index in [9.17, 15) is 0 Å². The molecule has 0 aliphatic rings. The SMILES string of the molecule is [2H]C([2H])([2H])c1c[c-]c(-c2ccc(C([2H])([2H])[2H])cn2)cc1.[2H]C([2H])([2H])c1ccc2oc3c(-c4cc(-c5cc(C([2H])([2H])[2H])c(-c6ccc(C([2H])([2H])C(C)(C)C)cc6)cc5C([2H])([2H])[2H])c(C([2H])([2H])[2H])cn4)[c-]ccc3c2c1.[Ir]. The summed E-state index contributed by atoms with van der Waals surface area (Å²) in [4.78, 5) is 8.50. The number of nitrogens with zero attached hydrogens (tertiary/aromatic N) is 2. The molecular weight excluding hydrogens is 849 g/mol. The molecule has 0 saturated heterocycles. The van der Waals surface area contributed by atoms with Crippen molar-refractivity contribution in [1.29, 1.82) is 0 Å². The van der Waals surface area contributed by atoms with Crippen molar-refractivity contribution in [2.24, 2.45) is 5.41 Å². The van der Waals surface area contributed by atoms with E-state index < -0.39 is 52.9 Å². The maximum atomic E-state index is 8.65. The van der Waals surface area contributed by atoms with Crippen molar-refractivity contribution in [3.63, 3.8) is 0 Å². The molecule has 55 heavy (non-hydrogen) atoms. The maximum absolute atomic E-state index is 8.65. The van der Waals surface area contributed by atoms with Crippen molar-refractivity contribution in [2.75, 3.05) is 0 Å². The number of pyridine rings is 2. The smallest absolute Gasteiger partial charge is 0.120 e. The summed E-state index contributed by atoms with van der Waals surface area (Å²) < 4.78 is 167. The van der Waals surface area contributed by atoms with Crippen LogP contribution in [-0.4, -0.2) is 9.97 Å². The van der Waals surface area contributed by atoms with Gasteiger partial charge in [0, 0.05) is 65.3 Å². The Hall–Kier alpha value is -5.15. The van der Waals surface area contributed by atoms with Gasteiger partial charge in [0.1, 0.15) is 5.58 Å². The molecule has 0 aliphatic heterocycles. The minimum atomic E-state index is -2.85. The Bertz CT molecular complexity index is 3280. The Morgan fingerprint density at radius 1 is 0.636 bits per heavy atom. The van der Waals surface area contributed by atoms with Crippen molar-refractivity contribution in [1.82, 2.24) is 9.97 Å². The van der Waals surface area contributed by atoms with E-state index in [0.29, 0.717) is 38.7 Å². The second-order valence-electron chi connectivity index (χ2n) is 13.8. The van der Waals surface area contributed by atoms with Gasteiger partial charge in [-0.2, -0.15) is 0 Å². The van der Waals surface area contributed by atoms with E-state index in [-0.39, 0.29) is 87.0 Å². The minimum Gasteiger partial charge on any atom is -0.501 e. The van der Waals surface area contributed by atoms with E-state index in [1.807, 2.05) is 0 Å². The third kappa shape index (κ3) is 8.89. The van der Waals surface area contributed by atoms with Crippen LogP contribution in [0.2, 0.25) is 0 Å². The fourth-order valence-electron chi connectivity index (χ4n) is 6.11. The molecule has 5 aromatic carbocycles. The van der Waals surface area contributed by atoms with Crippen LogP contribution in [0.3, 0.4) is 0 Å². The van der Waals surface area contributed by atoms with E-state index in [1.165, 1.54) is 54.7 Å². The molecule has 0 spiro atoms. The van der Waals surface area contributed by atoms with E-state index in [0.717, 1.165) is 6.20 Å². The Balaban J connectivity index is 0.000000365. The predicted octanol–water partition coefficient (Wildman–Crippen LogP) is 13.8. The van der Waals surface area contributed by atoms with Crippen LogP contribution in [0.4, 0.5) is 0 Å². The molecule has 0 bridgehead atoms. The monoisotopic (exact) mass is 917 g/mol. The van der Waals surface area contributed by atoms with Gasteiger partial charge < -0.3 is 14.4 Å². The van der Waals surface area contributed by atoms with Gasteiger partial charge in [-0.05, 0) is 120 Å². The van der Waals surface area contributed by atoms with Gasteiger partial charge in [-0.25, -0.2) is 0 Å². The van der Waals surface area contributed by atoms with Crippen LogP contribution in [0.1, 0.15) is 87.1 Å². The minimum absolute atomic E-state index is 0. The molecule has 0 atom stereocenters. The Labute approximate surface area is 368 Å². The van der Waals surface area contributed by atoms with E-state index >= 15 is 0 Å². The summed E-state index contributed by atoms with van der Waals surface area (Å²) in [6, 6.07) is 31.3. The molecule has 0 unspecified atom stereocenters. The zero-order valence-electron chi connectivity index (χ0n) is 50.1. The van der Waals surface area contributed by atoms with Gasteiger partial charge in [0.25, 0.3) is 0 Å². The van der Waals surface area contributed by atoms with E-state index in [2.05, 4.69) is 22.1 Å². The Morgan fingerprint density at radius 2 is 1.35 bits per heavy atom. The van der Waals surface area contributed by atoms with Crippen LogP contribution >= 0.6 is 0 Å². The molecule has 0 amide bonds. The molecule has 8 rings (SSSR count). The first-order valence-electron chi connectivity index (χ1n) is 27.1. The fourth-order valence-corrected chi connectivity index (χ4v) is 6.11. The van der Waals surface area contributed by atoms with Gasteiger partial charge in [0.2, 0.25) is 0 Å². The summed E-state index contributed by atoms with van der Waals surface area (Å²) in [6.07, 6.45) is 0.670. The van der Waals surface area contributed by atoms with E-state index in [4.69, 9.17) is 31.8 Å². The largest absolute Gasteiger partial charge is 0.501 e. The summed E-state index contributed by atoms with van der Waals surface area (Å²) in [7, 11) is 0. The number of furan rings is 1. The molecular formula is C51H48IrN2O-2. The van der Waals surface area contributed by atoms with Crippen molar-refractivity contribution < 1.29 is 51.9 Å². The van der Waals surface area contributed by atoms with Crippen LogP contribution in [0.15, 0.2) is 120 Å². The number of rotatable bonds is 5. The van der Waals surface area contributed by atoms with E-state index in [1.54, 1.807) is 75.4 Å². The number of hydrogen-bond donors (Lipinski definition) is 0. The average molecular weight is 917 g/mol. The molecule has 0 saturated carbocycles. The van der Waals surface area contributed by atoms with Crippen LogP contribution in [0.25, 0.3) is 66.7 Å². The second-order valence-corrected chi connectivity index (χ2v) is 13.8. The van der Waals surface area contributed by atoms with Crippen molar-refractivity contribution in [3.05, 3.63) is 167 Å². The van der Waals surface area contributed by atoms with Gasteiger partial charge in [0.05, 0.1) is 5.58 Å². The molecule has 3 heterocycles. The average Bonchev–Trinajstić information content (AvgIpc) is 3.68. The molecule has 3 nitrogen and oxygen atoms in total. The molecule has 279 valence electrons. The molecule has 1 radical (unpaired) electrons. The Kier molecular flexibility index (Phi) is 6.29. The second kappa shape index (κ2) is 16.3. The summed E-state index contributed by atoms with van der Waals surface area (Å²) in [5.74, 6) is 0. The number of aromatic nitrogens is 2. The summed E-state index contributed by atoms with van der Waals surface area (Å²) in [6.45, 7) is -9.84. The Morgan fingerprint density at radius 3 is 2.04 bits per heavy atom. The molecule has 8 aromatic rings. The van der Waals surface area contributed by atoms with Gasteiger partial charge in [0.15, 0.2) is 0 Å². The first kappa shape index (κ1) is 21.2. The summed E-state index contributed by atoms with van der Waals surface area (Å²) in [5.41, 5.74) is 1.73. The topological polar surface area (TPSA) is 38.9 Å². The van der Waals surface area contributed by atoms with Gasteiger partial charge >= 0.3 is 0 Å². The number of benzene rings is 5. The molecule has 0 N–H and O–H groups in total. The van der Waals surface area contributed by atoms with Crippen LogP contribution in [-0.2, 0) is 26.5 Å². The van der Waals surface area contributed by atoms with Crippen LogP contribution < -0.4 is 0 Å². The first-order chi connectivity index (χ1) is 33.9. The van der Waals surface area contributed by atoms with Crippen molar-refractivity contribution >= 4 is 21.9 Å². The van der Waals surface area contributed by atoms with Crippen LogP contribution in [0.5, 0.6) is 0 Å². The molecule has 4 heteroatoms. The molecule has 0 fully saturated rings. The zero-order chi connectivity index (χ0) is 54.9. The number of aryl methyl sites for hydroxylation is 6. The maximum Gasteiger partial charge on any atom is 0.120 e. The van der Waals surface area contributed by atoms with Gasteiger partial charge in [-0.15, -0.1) is 53.6 Å². The third-order valence-corrected chi connectivity index (χ3v) is 8.61. The normalized spacial score (nSPS) is 18.3. The first-order valence-corrected chi connectivity index (χ1v) is 17.1. The van der Waals surface area contributed by atoms with Crippen molar-refractivity contribution in [2.45, 2.75) is 68.3 Å². The van der Waals surface area contributed by atoms with Gasteiger partial charge in [-0.3, -0.25) is 0 Å². The quantitative estimate of drug-likeness (QED) is 0.162.